The highest BCUT2D eigenvalue weighted by atomic mass is 79.9. The highest BCUT2D eigenvalue weighted by molar-refractivity contribution is 9.10. The number of hydrogen-bond acceptors (Lipinski definition) is 3. The Morgan fingerprint density at radius 2 is 1.73 bits per heavy atom. The Kier molecular flexibility index (Phi) is 4.21. The zero-order valence-electron chi connectivity index (χ0n) is 11.3. The summed E-state index contributed by atoms with van der Waals surface area (Å²) >= 11 is 9.20. The van der Waals surface area contributed by atoms with Crippen LogP contribution in [-0.4, -0.2) is 13.4 Å². The fourth-order valence-corrected chi connectivity index (χ4v) is 3.92. The topological polar surface area (TPSA) is 47.0 Å². The second-order valence-electron chi connectivity index (χ2n) is 4.87. The van der Waals surface area contributed by atoms with Crippen molar-refractivity contribution >= 4 is 48.3 Å². The van der Waals surface area contributed by atoms with Crippen LogP contribution < -0.4 is 0 Å². The fourth-order valence-electron chi connectivity index (χ4n) is 2.12. The maximum absolute atomic E-state index is 12.5. The van der Waals surface area contributed by atoms with Crippen LogP contribution in [0.25, 0.3) is 10.9 Å². The molecule has 6 heteroatoms. The number of sulfone groups is 1. The van der Waals surface area contributed by atoms with Crippen molar-refractivity contribution in [2.75, 3.05) is 0 Å². The minimum atomic E-state index is -3.49. The van der Waals surface area contributed by atoms with Gasteiger partial charge in [-0.3, -0.25) is 0 Å². The third-order valence-electron chi connectivity index (χ3n) is 3.21. The number of hydrogen-bond donors (Lipinski definition) is 0. The molecule has 1 heterocycles. The first-order valence-electron chi connectivity index (χ1n) is 6.47. The summed E-state index contributed by atoms with van der Waals surface area (Å²) < 4.78 is 25.9. The molecule has 0 N–H and O–H groups in total. The molecule has 0 amide bonds. The van der Waals surface area contributed by atoms with Gasteiger partial charge in [-0.15, -0.1) is 0 Å². The summed E-state index contributed by atoms with van der Waals surface area (Å²) in [5, 5.41) is 1.55. The van der Waals surface area contributed by atoms with E-state index in [1.807, 2.05) is 12.1 Å². The van der Waals surface area contributed by atoms with Crippen molar-refractivity contribution < 1.29 is 8.42 Å². The molecule has 0 atom stereocenters. The molecule has 0 bridgehead atoms. The van der Waals surface area contributed by atoms with E-state index in [0.29, 0.717) is 16.1 Å². The Morgan fingerprint density at radius 3 is 2.45 bits per heavy atom. The van der Waals surface area contributed by atoms with Gasteiger partial charge in [-0.1, -0.05) is 39.7 Å². The highest BCUT2D eigenvalue weighted by Crippen LogP contribution is 2.22. The van der Waals surface area contributed by atoms with Crippen molar-refractivity contribution in [3.8, 4) is 0 Å². The Morgan fingerprint density at radius 1 is 1.00 bits per heavy atom. The lowest BCUT2D eigenvalue weighted by Crippen LogP contribution is -2.07. The minimum Gasteiger partial charge on any atom is -0.236 e. The molecular weight excluding hydrogens is 386 g/mol. The molecule has 0 aliphatic heterocycles. The second kappa shape index (κ2) is 5.99. The van der Waals surface area contributed by atoms with Crippen LogP contribution in [0.1, 0.15) is 5.56 Å². The Bertz CT molecular complexity index is 940. The van der Waals surface area contributed by atoms with Crippen molar-refractivity contribution in [1.29, 1.82) is 0 Å². The van der Waals surface area contributed by atoms with Gasteiger partial charge in [0.2, 0.25) is 0 Å². The second-order valence-corrected chi connectivity index (χ2v) is 8.16. The third-order valence-corrected chi connectivity index (χ3v) is 5.54. The van der Waals surface area contributed by atoms with Gasteiger partial charge in [0.05, 0.1) is 11.3 Å². The smallest absolute Gasteiger partial charge is 0.199 e. The summed E-state index contributed by atoms with van der Waals surface area (Å²) in [4.78, 5) is 4.27. The molecule has 0 unspecified atom stereocenters. The molecule has 0 fully saturated rings. The molecular formula is C16H11BrClNO2S. The van der Waals surface area contributed by atoms with Crippen LogP contribution in [0.15, 0.2) is 64.1 Å². The van der Waals surface area contributed by atoms with Crippen LogP contribution in [-0.2, 0) is 15.6 Å². The average molecular weight is 397 g/mol. The number of halogens is 2. The predicted octanol–water partition coefficient (Wildman–Crippen LogP) is 4.62. The van der Waals surface area contributed by atoms with Crippen molar-refractivity contribution in [3.63, 3.8) is 0 Å². The van der Waals surface area contributed by atoms with E-state index in [1.165, 1.54) is 0 Å². The number of aromatic nitrogens is 1. The van der Waals surface area contributed by atoms with Crippen molar-refractivity contribution in [2.24, 2.45) is 0 Å². The van der Waals surface area contributed by atoms with Crippen LogP contribution in [0.3, 0.4) is 0 Å². The Labute approximate surface area is 142 Å². The van der Waals surface area contributed by atoms with Crippen molar-refractivity contribution in [2.45, 2.75) is 10.8 Å². The van der Waals surface area contributed by atoms with Gasteiger partial charge in [0.25, 0.3) is 0 Å². The molecule has 0 radical (unpaired) electrons. The lowest BCUT2D eigenvalue weighted by atomic mass is 10.2. The molecule has 0 saturated heterocycles. The molecule has 3 rings (SSSR count). The highest BCUT2D eigenvalue weighted by Gasteiger charge is 2.17. The molecule has 0 saturated carbocycles. The average Bonchev–Trinajstić information content (AvgIpc) is 2.49. The molecule has 2 aromatic carbocycles. The van der Waals surface area contributed by atoms with Gasteiger partial charge in [-0.05, 0) is 48.0 Å². The molecule has 0 aliphatic rings. The lowest BCUT2D eigenvalue weighted by Gasteiger charge is -2.06. The zero-order valence-corrected chi connectivity index (χ0v) is 14.5. The van der Waals surface area contributed by atoms with Crippen LogP contribution in [0.4, 0.5) is 0 Å². The maximum atomic E-state index is 12.5. The molecule has 0 spiro atoms. The Balaban J connectivity index is 1.97. The van der Waals surface area contributed by atoms with E-state index in [9.17, 15) is 8.42 Å². The standard InChI is InChI=1S/C16H11BrClNO2S/c17-13-4-7-15-12(9-13)3-8-16(19-15)22(20,21)10-11-1-5-14(18)6-2-11/h1-9H,10H2. The van der Waals surface area contributed by atoms with E-state index in [0.717, 1.165) is 9.86 Å². The predicted molar refractivity (Wildman–Crippen MR) is 91.8 cm³/mol. The van der Waals surface area contributed by atoms with Gasteiger partial charge in [0, 0.05) is 14.9 Å². The first-order valence-corrected chi connectivity index (χ1v) is 9.30. The van der Waals surface area contributed by atoms with Crippen molar-refractivity contribution in [3.05, 3.63) is 69.7 Å². The zero-order chi connectivity index (χ0) is 15.7. The summed E-state index contributed by atoms with van der Waals surface area (Å²) in [6.45, 7) is 0. The monoisotopic (exact) mass is 395 g/mol. The first kappa shape index (κ1) is 15.5. The van der Waals surface area contributed by atoms with Gasteiger partial charge in [-0.2, -0.15) is 0 Å². The summed E-state index contributed by atoms with van der Waals surface area (Å²) in [5.41, 5.74) is 1.34. The summed E-state index contributed by atoms with van der Waals surface area (Å²) in [6.07, 6.45) is 0. The normalized spacial score (nSPS) is 11.7. The van der Waals surface area contributed by atoms with E-state index in [2.05, 4.69) is 20.9 Å². The summed E-state index contributed by atoms with van der Waals surface area (Å²) in [7, 11) is -3.49. The van der Waals surface area contributed by atoms with Crippen LogP contribution >= 0.6 is 27.5 Å². The molecule has 3 nitrogen and oxygen atoms in total. The third kappa shape index (κ3) is 3.32. The van der Waals surface area contributed by atoms with Crippen LogP contribution in [0.2, 0.25) is 5.02 Å². The number of rotatable bonds is 3. The number of benzene rings is 2. The fraction of sp³-hybridized carbons (Fsp3) is 0.0625. The summed E-state index contributed by atoms with van der Waals surface area (Å²) in [6, 6.07) is 15.6. The molecule has 0 aliphatic carbocycles. The first-order chi connectivity index (χ1) is 10.4. The van der Waals surface area contributed by atoms with E-state index >= 15 is 0 Å². The molecule has 112 valence electrons. The quantitative estimate of drug-likeness (QED) is 0.649. The SMILES string of the molecule is O=S(=O)(Cc1ccc(Cl)cc1)c1ccc2cc(Br)ccc2n1. The number of pyridine rings is 1. The summed E-state index contributed by atoms with van der Waals surface area (Å²) in [5.74, 6) is -0.0980. The number of nitrogens with zero attached hydrogens (tertiary/aromatic N) is 1. The van der Waals surface area contributed by atoms with Gasteiger partial charge in [0.1, 0.15) is 0 Å². The van der Waals surface area contributed by atoms with Crippen LogP contribution in [0.5, 0.6) is 0 Å². The van der Waals surface area contributed by atoms with Gasteiger partial charge in [0.15, 0.2) is 14.9 Å². The number of fused-ring (bicyclic) bond motifs is 1. The molecule has 1 aromatic heterocycles. The van der Waals surface area contributed by atoms with Gasteiger partial charge in [-0.25, -0.2) is 13.4 Å². The Hall–Kier alpha value is -1.43. The molecule has 3 aromatic rings. The van der Waals surface area contributed by atoms with E-state index in [-0.39, 0.29) is 10.8 Å². The minimum absolute atomic E-state index is 0.0808. The van der Waals surface area contributed by atoms with Gasteiger partial charge >= 0.3 is 0 Å². The van der Waals surface area contributed by atoms with E-state index in [4.69, 9.17) is 11.6 Å². The molecule has 22 heavy (non-hydrogen) atoms. The maximum Gasteiger partial charge on any atom is 0.199 e. The largest absolute Gasteiger partial charge is 0.236 e. The van der Waals surface area contributed by atoms with E-state index < -0.39 is 9.84 Å². The van der Waals surface area contributed by atoms with Gasteiger partial charge < -0.3 is 0 Å². The van der Waals surface area contributed by atoms with E-state index in [1.54, 1.807) is 42.5 Å². The lowest BCUT2D eigenvalue weighted by molar-refractivity contribution is 0.592. The van der Waals surface area contributed by atoms with Crippen LogP contribution in [0, 0.1) is 0 Å². The van der Waals surface area contributed by atoms with Crippen molar-refractivity contribution in [1.82, 2.24) is 4.98 Å².